The number of hydrogen-bond donors (Lipinski definition) is 1. The Labute approximate surface area is 120 Å². The Kier molecular flexibility index (Phi) is 4.27. The van der Waals surface area contributed by atoms with Crippen LogP contribution in [0.1, 0.15) is 23.6 Å². The van der Waals surface area contributed by atoms with Crippen molar-refractivity contribution in [3.8, 4) is 6.07 Å². The second kappa shape index (κ2) is 6.12. The monoisotopic (exact) mass is 265 g/mol. The molecule has 0 radical (unpaired) electrons. The molecule has 0 saturated heterocycles. The van der Waals surface area contributed by atoms with Crippen LogP contribution in [0.15, 0.2) is 42.5 Å². The number of hydrogen-bond acceptors (Lipinski definition) is 3. The van der Waals surface area contributed by atoms with Crippen LogP contribution in [0, 0.1) is 11.3 Å². The Morgan fingerprint density at radius 1 is 1.10 bits per heavy atom. The summed E-state index contributed by atoms with van der Waals surface area (Å²) in [7, 11) is 1.99. The third-order valence-electron chi connectivity index (χ3n) is 3.47. The number of aryl methyl sites for hydroxylation is 1. The Morgan fingerprint density at radius 3 is 2.35 bits per heavy atom. The molecule has 2 N–H and O–H groups in total. The molecule has 0 fully saturated rings. The summed E-state index contributed by atoms with van der Waals surface area (Å²) >= 11 is 0. The third kappa shape index (κ3) is 2.92. The summed E-state index contributed by atoms with van der Waals surface area (Å²) in [6.45, 7) is 2.91. The Balaban J connectivity index is 2.19. The highest BCUT2D eigenvalue weighted by Gasteiger charge is 2.09. The highest BCUT2D eigenvalue weighted by Crippen LogP contribution is 2.26. The fraction of sp³-hybridized carbons (Fsp3) is 0.235. The van der Waals surface area contributed by atoms with E-state index in [4.69, 9.17) is 11.0 Å². The van der Waals surface area contributed by atoms with Crippen LogP contribution in [-0.4, -0.2) is 7.05 Å². The quantitative estimate of drug-likeness (QED) is 0.863. The molecule has 2 rings (SSSR count). The number of rotatable bonds is 4. The molecule has 0 unspecified atom stereocenters. The van der Waals surface area contributed by atoms with Crippen molar-refractivity contribution in [1.29, 1.82) is 5.26 Å². The molecule has 0 amide bonds. The Bertz CT molecular complexity index is 624. The normalized spacial score (nSPS) is 10.1. The standard InChI is InChI=1S/C17H19N3/c1-3-13-7-9-14(10-8-13)12-20(2)16-6-4-5-15(11-18)17(16)19/h4-10H,3,12,19H2,1-2H3. The Morgan fingerprint density at radius 2 is 1.75 bits per heavy atom. The number of nitriles is 1. The second-order valence-electron chi connectivity index (χ2n) is 4.88. The molecule has 0 aliphatic rings. The lowest BCUT2D eigenvalue weighted by Gasteiger charge is -2.21. The van der Waals surface area contributed by atoms with E-state index in [1.807, 2.05) is 19.2 Å². The molecule has 3 nitrogen and oxygen atoms in total. The van der Waals surface area contributed by atoms with Gasteiger partial charge in [0.1, 0.15) is 6.07 Å². The Hall–Kier alpha value is -2.47. The van der Waals surface area contributed by atoms with Crippen LogP contribution >= 0.6 is 0 Å². The first-order valence-corrected chi connectivity index (χ1v) is 6.73. The van der Waals surface area contributed by atoms with Crippen LogP contribution < -0.4 is 10.6 Å². The minimum absolute atomic E-state index is 0.524. The molecule has 0 aliphatic heterocycles. The maximum atomic E-state index is 9.02. The van der Waals surface area contributed by atoms with Gasteiger partial charge in [-0.05, 0) is 29.7 Å². The summed E-state index contributed by atoms with van der Waals surface area (Å²) in [5.41, 5.74) is 10.6. The lowest BCUT2D eigenvalue weighted by molar-refractivity contribution is 0.922. The van der Waals surface area contributed by atoms with Crippen molar-refractivity contribution >= 4 is 11.4 Å². The first kappa shape index (κ1) is 14.0. The van der Waals surface area contributed by atoms with E-state index in [-0.39, 0.29) is 0 Å². The summed E-state index contributed by atoms with van der Waals surface area (Å²) in [6.07, 6.45) is 1.05. The van der Waals surface area contributed by atoms with Gasteiger partial charge in [-0.25, -0.2) is 0 Å². The fourth-order valence-electron chi connectivity index (χ4n) is 2.22. The van der Waals surface area contributed by atoms with Gasteiger partial charge < -0.3 is 10.6 Å². The van der Waals surface area contributed by atoms with Gasteiger partial charge in [0.05, 0.1) is 16.9 Å². The van der Waals surface area contributed by atoms with Crippen LogP contribution in [0.5, 0.6) is 0 Å². The van der Waals surface area contributed by atoms with E-state index in [9.17, 15) is 0 Å². The van der Waals surface area contributed by atoms with Gasteiger partial charge in [0, 0.05) is 13.6 Å². The molecule has 3 heteroatoms. The minimum atomic E-state index is 0.524. The molecule has 0 aliphatic carbocycles. The third-order valence-corrected chi connectivity index (χ3v) is 3.47. The predicted molar refractivity (Wildman–Crippen MR) is 83.5 cm³/mol. The molecule has 2 aromatic rings. The van der Waals surface area contributed by atoms with Crippen LogP contribution in [-0.2, 0) is 13.0 Å². The van der Waals surface area contributed by atoms with Crippen molar-refractivity contribution in [2.75, 3.05) is 17.7 Å². The first-order chi connectivity index (χ1) is 9.65. The maximum absolute atomic E-state index is 9.02. The van der Waals surface area contributed by atoms with Gasteiger partial charge in [-0.15, -0.1) is 0 Å². The van der Waals surface area contributed by atoms with Gasteiger partial charge in [-0.2, -0.15) is 5.26 Å². The number of nitrogens with zero attached hydrogens (tertiary/aromatic N) is 2. The second-order valence-corrected chi connectivity index (χ2v) is 4.88. The van der Waals surface area contributed by atoms with Crippen LogP contribution in [0.2, 0.25) is 0 Å². The largest absolute Gasteiger partial charge is 0.396 e. The highest BCUT2D eigenvalue weighted by atomic mass is 15.1. The molecule has 20 heavy (non-hydrogen) atoms. The van der Waals surface area contributed by atoms with Crippen molar-refractivity contribution in [2.24, 2.45) is 0 Å². The molecule has 0 saturated carbocycles. The summed E-state index contributed by atoms with van der Waals surface area (Å²) in [5, 5.41) is 9.02. The van der Waals surface area contributed by atoms with Crippen molar-refractivity contribution in [3.05, 3.63) is 59.2 Å². The number of benzene rings is 2. The number of anilines is 2. The summed E-state index contributed by atoms with van der Waals surface area (Å²) in [6, 6.07) is 16.2. The number of nitrogen functional groups attached to an aromatic ring is 1. The molecule has 0 aromatic heterocycles. The zero-order valence-corrected chi connectivity index (χ0v) is 11.9. The van der Waals surface area contributed by atoms with E-state index < -0.39 is 0 Å². The van der Waals surface area contributed by atoms with Crippen molar-refractivity contribution in [1.82, 2.24) is 0 Å². The van der Waals surface area contributed by atoms with E-state index in [0.29, 0.717) is 11.3 Å². The van der Waals surface area contributed by atoms with E-state index in [1.165, 1.54) is 11.1 Å². The molecule has 2 aromatic carbocycles. The zero-order chi connectivity index (χ0) is 14.5. The smallest absolute Gasteiger partial charge is 0.101 e. The van der Waals surface area contributed by atoms with Crippen molar-refractivity contribution in [2.45, 2.75) is 19.9 Å². The van der Waals surface area contributed by atoms with Crippen LogP contribution in [0.3, 0.4) is 0 Å². The van der Waals surface area contributed by atoms with Crippen molar-refractivity contribution < 1.29 is 0 Å². The molecule has 0 heterocycles. The minimum Gasteiger partial charge on any atom is -0.396 e. The van der Waals surface area contributed by atoms with Gasteiger partial charge in [0.2, 0.25) is 0 Å². The fourth-order valence-corrected chi connectivity index (χ4v) is 2.22. The lowest BCUT2D eigenvalue weighted by atomic mass is 10.1. The van der Waals surface area contributed by atoms with Gasteiger partial charge >= 0.3 is 0 Å². The highest BCUT2D eigenvalue weighted by molar-refractivity contribution is 5.73. The van der Waals surface area contributed by atoms with E-state index in [0.717, 1.165) is 18.7 Å². The van der Waals surface area contributed by atoms with Gasteiger partial charge in [-0.3, -0.25) is 0 Å². The van der Waals surface area contributed by atoms with E-state index >= 15 is 0 Å². The lowest BCUT2D eigenvalue weighted by Crippen LogP contribution is -2.18. The first-order valence-electron chi connectivity index (χ1n) is 6.73. The van der Waals surface area contributed by atoms with Gasteiger partial charge in [-0.1, -0.05) is 37.3 Å². The average molecular weight is 265 g/mol. The van der Waals surface area contributed by atoms with E-state index in [2.05, 4.69) is 42.2 Å². The summed E-state index contributed by atoms with van der Waals surface area (Å²) in [5.74, 6) is 0. The topological polar surface area (TPSA) is 53.0 Å². The van der Waals surface area contributed by atoms with Gasteiger partial charge in [0.25, 0.3) is 0 Å². The summed E-state index contributed by atoms with van der Waals surface area (Å²) in [4.78, 5) is 2.07. The number of para-hydroxylation sites is 1. The SMILES string of the molecule is CCc1ccc(CN(C)c2cccc(C#N)c2N)cc1. The average Bonchev–Trinajstić information content (AvgIpc) is 2.48. The van der Waals surface area contributed by atoms with Crippen molar-refractivity contribution in [3.63, 3.8) is 0 Å². The molecule has 0 bridgehead atoms. The maximum Gasteiger partial charge on any atom is 0.101 e. The molecular weight excluding hydrogens is 246 g/mol. The molecular formula is C17H19N3. The van der Waals surface area contributed by atoms with E-state index in [1.54, 1.807) is 6.07 Å². The van der Waals surface area contributed by atoms with Crippen LogP contribution in [0.25, 0.3) is 0 Å². The molecule has 102 valence electrons. The van der Waals surface area contributed by atoms with Crippen LogP contribution in [0.4, 0.5) is 11.4 Å². The molecule has 0 atom stereocenters. The van der Waals surface area contributed by atoms with Gasteiger partial charge in [0.15, 0.2) is 0 Å². The molecule has 0 spiro atoms. The zero-order valence-electron chi connectivity index (χ0n) is 11.9. The number of nitrogens with two attached hydrogens (primary N) is 1. The predicted octanol–water partition coefficient (Wildman–Crippen LogP) is 3.34. The summed E-state index contributed by atoms with van der Waals surface area (Å²) < 4.78 is 0.